The molecule has 26 heavy (non-hydrogen) atoms. The number of carbonyl (C=O) groups excluding carboxylic acids is 2. The molecular weight excluding hydrogens is 328 g/mol. The van der Waals surface area contributed by atoms with E-state index in [1.165, 1.54) is 19.3 Å². The Bertz CT molecular complexity index is 781. The summed E-state index contributed by atoms with van der Waals surface area (Å²) in [5.74, 6) is -0.128. The van der Waals surface area contributed by atoms with Gasteiger partial charge in [0.2, 0.25) is 5.91 Å². The Labute approximate surface area is 153 Å². The lowest BCUT2D eigenvalue weighted by Gasteiger charge is -2.31. The lowest BCUT2D eigenvalue weighted by atomic mass is 9.94. The topological polar surface area (TPSA) is 78.1 Å². The number of aromatic nitrogens is 2. The summed E-state index contributed by atoms with van der Waals surface area (Å²) >= 11 is 0. The number of amides is 2. The molecule has 1 atom stereocenters. The van der Waals surface area contributed by atoms with Gasteiger partial charge in [-0.3, -0.25) is 14.7 Å². The second-order valence-corrected chi connectivity index (χ2v) is 7.17. The van der Waals surface area contributed by atoms with Crippen LogP contribution in [0.1, 0.15) is 48.9 Å². The van der Waals surface area contributed by atoms with Crippen LogP contribution in [0.5, 0.6) is 0 Å². The van der Waals surface area contributed by atoms with Crippen LogP contribution in [0.3, 0.4) is 0 Å². The summed E-state index contributed by atoms with van der Waals surface area (Å²) in [7, 11) is 0. The molecule has 136 valence electrons. The fourth-order valence-electron chi connectivity index (χ4n) is 4.16. The van der Waals surface area contributed by atoms with Crippen LogP contribution in [0.25, 0.3) is 11.1 Å². The molecule has 2 amide bonds. The van der Waals surface area contributed by atoms with Crippen molar-refractivity contribution in [1.82, 2.24) is 20.4 Å². The maximum Gasteiger partial charge on any atom is 0.252 e. The first kappa shape index (κ1) is 16.8. The largest absolute Gasteiger partial charge is 0.340 e. The molecule has 2 N–H and O–H groups in total. The van der Waals surface area contributed by atoms with E-state index in [-0.39, 0.29) is 11.8 Å². The molecule has 1 saturated carbocycles. The zero-order valence-electron chi connectivity index (χ0n) is 14.8. The van der Waals surface area contributed by atoms with Gasteiger partial charge in [0.1, 0.15) is 6.04 Å². The van der Waals surface area contributed by atoms with Gasteiger partial charge < -0.3 is 10.2 Å². The quantitative estimate of drug-likeness (QED) is 0.888. The molecule has 2 aliphatic rings. The van der Waals surface area contributed by atoms with Crippen LogP contribution in [0.4, 0.5) is 0 Å². The van der Waals surface area contributed by atoms with Gasteiger partial charge in [0, 0.05) is 29.9 Å². The van der Waals surface area contributed by atoms with Gasteiger partial charge in [-0.2, -0.15) is 5.10 Å². The van der Waals surface area contributed by atoms with E-state index < -0.39 is 6.04 Å². The van der Waals surface area contributed by atoms with Gasteiger partial charge in [-0.25, -0.2) is 0 Å². The maximum absolute atomic E-state index is 12.8. The van der Waals surface area contributed by atoms with E-state index in [1.807, 2.05) is 23.1 Å². The second kappa shape index (κ2) is 7.32. The van der Waals surface area contributed by atoms with E-state index in [1.54, 1.807) is 18.5 Å². The van der Waals surface area contributed by atoms with Crippen molar-refractivity contribution < 1.29 is 9.59 Å². The van der Waals surface area contributed by atoms with Crippen molar-refractivity contribution in [2.24, 2.45) is 0 Å². The monoisotopic (exact) mass is 352 g/mol. The molecule has 2 aromatic rings. The van der Waals surface area contributed by atoms with Crippen LogP contribution >= 0.6 is 0 Å². The zero-order chi connectivity index (χ0) is 17.9. The highest BCUT2D eigenvalue weighted by atomic mass is 16.2. The van der Waals surface area contributed by atoms with Gasteiger partial charge in [0.15, 0.2) is 0 Å². The lowest BCUT2D eigenvalue weighted by molar-refractivity contribution is -0.131. The molecule has 0 spiro atoms. The molecule has 0 bridgehead atoms. The molecule has 4 rings (SSSR count). The predicted octanol–water partition coefficient (Wildman–Crippen LogP) is 2.74. The average molecular weight is 352 g/mol. The lowest BCUT2D eigenvalue weighted by Crippen LogP contribution is -2.45. The minimum atomic E-state index is -0.415. The minimum Gasteiger partial charge on any atom is -0.340 e. The molecular formula is C20H24N4O2. The summed E-state index contributed by atoms with van der Waals surface area (Å²) in [5, 5.41) is 9.69. The van der Waals surface area contributed by atoms with Crippen molar-refractivity contribution in [2.45, 2.75) is 50.6 Å². The Hall–Kier alpha value is -2.63. The number of hydrogen-bond acceptors (Lipinski definition) is 3. The van der Waals surface area contributed by atoms with Gasteiger partial charge in [-0.15, -0.1) is 0 Å². The Morgan fingerprint density at radius 2 is 1.96 bits per heavy atom. The van der Waals surface area contributed by atoms with Crippen molar-refractivity contribution in [3.05, 3.63) is 42.2 Å². The summed E-state index contributed by atoms with van der Waals surface area (Å²) in [4.78, 5) is 27.6. The molecule has 1 aromatic heterocycles. The number of H-pyrrole nitrogens is 1. The van der Waals surface area contributed by atoms with Gasteiger partial charge in [-0.1, -0.05) is 37.5 Å². The van der Waals surface area contributed by atoms with Crippen LogP contribution in [-0.4, -0.2) is 45.5 Å². The fraction of sp³-hybridized carbons (Fsp3) is 0.450. The first-order chi connectivity index (χ1) is 12.7. The molecule has 2 fully saturated rings. The summed E-state index contributed by atoms with van der Waals surface area (Å²) in [5.41, 5.74) is 2.24. The Balaban J connectivity index is 1.47. The third-order valence-corrected chi connectivity index (χ3v) is 5.54. The Morgan fingerprint density at radius 3 is 2.73 bits per heavy atom. The van der Waals surface area contributed by atoms with E-state index >= 15 is 0 Å². The van der Waals surface area contributed by atoms with E-state index in [0.29, 0.717) is 18.0 Å². The van der Waals surface area contributed by atoms with Gasteiger partial charge in [0.05, 0.1) is 6.20 Å². The van der Waals surface area contributed by atoms with Crippen LogP contribution < -0.4 is 5.32 Å². The second-order valence-electron chi connectivity index (χ2n) is 7.17. The molecule has 6 nitrogen and oxygen atoms in total. The number of nitrogens with one attached hydrogen (secondary N) is 2. The smallest absolute Gasteiger partial charge is 0.252 e. The third kappa shape index (κ3) is 3.23. The minimum absolute atomic E-state index is 0.0750. The van der Waals surface area contributed by atoms with E-state index in [9.17, 15) is 9.59 Å². The number of hydrogen-bond donors (Lipinski definition) is 2. The summed E-state index contributed by atoms with van der Waals surface area (Å²) in [6, 6.07) is 7.35. The molecule has 1 aromatic carbocycles. The highest BCUT2D eigenvalue weighted by Gasteiger charge is 2.37. The number of nitrogens with zero attached hydrogens (tertiary/aromatic N) is 2. The number of likely N-dealkylation sites (tertiary alicyclic amines) is 1. The molecule has 2 heterocycles. The Morgan fingerprint density at radius 1 is 1.15 bits per heavy atom. The molecule has 1 saturated heterocycles. The van der Waals surface area contributed by atoms with Crippen LogP contribution in [0, 0.1) is 0 Å². The van der Waals surface area contributed by atoms with Crippen molar-refractivity contribution in [3.8, 4) is 11.1 Å². The van der Waals surface area contributed by atoms with E-state index in [2.05, 4.69) is 15.5 Å². The molecule has 1 aliphatic carbocycles. The SMILES string of the molecule is O=C(NC1CCN(C2CCCCC2)C1=O)c1ccccc1-c1cn[nH]c1. The molecule has 1 unspecified atom stereocenters. The zero-order valence-corrected chi connectivity index (χ0v) is 14.8. The highest BCUT2D eigenvalue weighted by molar-refractivity contribution is 6.03. The Kier molecular flexibility index (Phi) is 4.73. The number of carbonyl (C=O) groups is 2. The number of rotatable bonds is 4. The van der Waals surface area contributed by atoms with Gasteiger partial charge in [0.25, 0.3) is 5.91 Å². The van der Waals surface area contributed by atoms with Crippen molar-refractivity contribution in [2.75, 3.05) is 6.54 Å². The summed E-state index contributed by atoms with van der Waals surface area (Å²) in [6.45, 7) is 0.748. The molecule has 0 radical (unpaired) electrons. The summed E-state index contributed by atoms with van der Waals surface area (Å²) in [6.07, 6.45) is 9.99. The van der Waals surface area contributed by atoms with Crippen molar-refractivity contribution in [1.29, 1.82) is 0 Å². The van der Waals surface area contributed by atoms with E-state index in [4.69, 9.17) is 0 Å². The first-order valence-corrected chi connectivity index (χ1v) is 9.43. The van der Waals surface area contributed by atoms with Gasteiger partial charge >= 0.3 is 0 Å². The average Bonchev–Trinajstić information content (AvgIpc) is 3.33. The van der Waals surface area contributed by atoms with Gasteiger partial charge in [-0.05, 0) is 30.9 Å². The van der Waals surface area contributed by atoms with Crippen LogP contribution in [-0.2, 0) is 4.79 Å². The highest BCUT2D eigenvalue weighted by Crippen LogP contribution is 2.27. The maximum atomic E-state index is 12.8. The molecule has 1 aliphatic heterocycles. The van der Waals surface area contributed by atoms with Crippen molar-refractivity contribution in [3.63, 3.8) is 0 Å². The number of aromatic amines is 1. The standard InChI is InChI=1S/C20H24N4O2/c25-19(17-9-5-4-8-16(17)14-12-21-22-13-14)23-18-10-11-24(20(18)26)15-6-2-1-3-7-15/h4-5,8-9,12-13,15,18H,1-3,6-7,10-11H2,(H,21,22)(H,23,25). The van der Waals surface area contributed by atoms with Crippen LogP contribution in [0.15, 0.2) is 36.7 Å². The summed E-state index contributed by atoms with van der Waals surface area (Å²) < 4.78 is 0. The van der Waals surface area contributed by atoms with Crippen LogP contribution in [0.2, 0.25) is 0 Å². The predicted molar refractivity (Wildman–Crippen MR) is 98.5 cm³/mol. The van der Waals surface area contributed by atoms with E-state index in [0.717, 1.165) is 30.5 Å². The molecule has 6 heteroatoms. The number of benzene rings is 1. The van der Waals surface area contributed by atoms with Crippen molar-refractivity contribution >= 4 is 11.8 Å². The first-order valence-electron chi connectivity index (χ1n) is 9.43. The normalized spacial score (nSPS) is 21.2. The third-order valence-electron chi connectivity index (χ3n) is 5.54. The fourth-order valence-corrected chi connectivity index (χ4v) is 4.16.